The van der Waals surface area contributed by atoms with E-state index in [1.165, 1.54) is 15.5 Å². The highest BCUT2D eigenvalue weighted by Crippen LogP contribution is 2.48. The van der Waals surface area contributed by atoms with Gasteiger partial charge in [-0.2, -0.15) is 0 Å². The van der Waals surface area contributed by atoms with Crippen molar-refractivity contribution in [3.05, 3.63) is 48.0 Å². The number of carbonyl (C=O) groups is 1. The van der Waals surface area contributed by atoms with Crippen molar-refractivity contribution in [2.45, 2.75) is 9.79 Å². The number of hydrogen-bond donors (Lipinski definition) is 0. The van der Waals surface area contributed by atoms with Crippen LogP contribution in [-0.4, -0.2) is 43.7 Å². The molecule has 5 heteroatoms. The SMILES string of the molecule is CN(C)CCN1c2ccccc2Sc2ccc(C(=O)CCl)cc21. The van der Waals surface area contributed by atoms with Crippen LogP contribution in [-0.2, 0) is 0 Å². The van der Waals surface area contributed by atoms with Crippen molar-refractivity contribution in [2.75, 3.05) is 38.0 Å². The van der Waals surface area contributed by atoms with Crippen molar-refractivity contribution in [1.29, 1.82) is 0 Å². The van der Waals surface area contributed by atoms with Gasteiger partial charge in [0.2, 0.25) is 0 Å². The van der Waals surface area contributed by atoms with Gasteiger partial charge in [-0.05, 0) is 38.4 Å². The molecule has 0 radical (unpaired) electrons. The normalized spacial score (nSPS) is 13.0. The predicted octanol–water partition coefficient (Wildman–Crippen LogP) is 4.27. The molecule has 1 heterocycles. The second-order valence-electron chi connectivity index (χ2n) is 5.76. The molecule has 0 fully saturated rings. The second kappa shape index (κ2) is 6.95. The summed E-state index contributed by atoms with van der Waals surface area (Å²) in [5, 5.41) is 0. The van der Waals surface area contributed by atoms with Gasteiger partial charge in [0.1, 0.15) is 0 Å². The maximum atomic E-state index is 12.0. The lowest BCUT2D eigenvalue weighted by molar-refractivity contribution is 0.102. The predicted molar refractivity (Wildman–Crippen MR) is 97.6 cm³/mol. The number of Topliss-reactive ketones (excluding diaryl/α,β-unsaturated/α-hetero) is 1. The number of fused-ring (bicyclic) bond motifs is 2. The second-order valence-corrected chi connectivity index (χ2v) is 7.12. The molecule has 0 spiro atoms. The topological polar surface area (TPSA) is 23.6 Å². The number of hydrogen-bond acceptors (Lipinski definition) is 4. The molecular weight excluding hydrogens is 328 g/mol. The standard InChI is InChI=1S/C18H19ClN2OS/c1-20(2)9-10-21-14-5-3-4-6-17(14)23-18-8-7-13(11-15(18)21)16(22)12-19/h3-8,11H,9-10,12H2,1-2H3. The Bertz CT molecular complexity index is 733. The minimum absolute atomic E-state index is 0.0141. The van der Waals surface area contributed by atoms with Gasteiger partial charge in [0.25, 0.3) is 0 Å². The number of alkyl halides is 1. The van der Waals surface area contributed by atoms with Crippen molar-refractivity contribution in [3.63, 3.8) is 0 Å². The molecule has 120 valence electrons. The van der Waals surface area contributed by atoms with Crippen LogP contribution in [0.2, 0.25) is 0 Å². The molecule has 23 heavy (non-hydrogen) atoms. The molecule has 0 unspecified atom stereocenters. The molecule has 0 amide bonds. The van der Waals surface area contributed by atoms with Crippen LogP contribution in [0, 0.1) is 0 Å². The van der Waals surface area contributed by atoms with Gasteiger partial charge in [-0.15, -0.1) is 11.6 Å². The summed E-state index contributed by atoms with van der Waals surface area (Å²) < 4.78 is 0. The maximum Gasteiger partial charge on any atom is 0.177 e. The molecule has 3 nitrogen and oxygen atoms in total. The minimum atomic E-state index is -0.0362. The third-order valence-electron chi connectivity index (χ3n) is 3.84. The smallest absolute Gasteiger partial charge is 0.177 e. The number of para-hydroxylation sites is 1. The molecule has 0 bridgehead atoms. The summed E-state index contributed by atoms with van der Waals surface area (Å²) in [5.41, 5.74) is 2.96. The zero-order valence-corrected chi connectivity index (χ0v) is 14.8. The van der Waals surface area contributed by atoms with Crippen LogP contribution >= 0.6 is 23.4 Å². The Morgan fingerprint density at radius 1 is 1.13 bits per heavy atom. The quantitative estimate of drug-likeness (QED) is 0.595. The van der Waals surface area contributed by atoms with E-state index in [-0.39, 0.29) is 11.7 Å². The Balaban J connectivity index is 2.04. The van der Waals surface area contributed by atoms with Crippen LogP contribution < -0.4 is 4.90 Å². The number of likely N-dealkylation sites (N-methyl/N-ethyl adjacent to an activating group) is 1. The fraction of sp³-hybridized carbons (Fsp3) is 0.278. The molecular formula is C18H19ClN2OS. The third kappa shape index (κ3) is 3.39. The van der Waals surface area contributed by atoms with Crippen LogP contribution in [0.5, 0.6) is 0 Å². The Morgan fingerprint density at radius 3 is 2.61 bits per heavy atom. The average Bonchev–Trinajstić information content (AvgIpc) is 2.57. The van der Waals surface area contributed by atoms with Crippen LogP contribution in [0.15, 0.2) is 52.3 Å². The Kier molecular flexibility index (Phi) is 4.95. The minimum Gasteiger partial charge on any atom is -0.338 e. The lowest BCUT2D eigenvalue weighted by atomic mass is 10.1. The van der Waals surface area contributed by atoms with Crippen molar-refractivity contribution in [1.82, 2.24) is 4.90 Å². The first-order valence-electron chi connectivity index (χ1n) is 7.52. The number of halogens is 1. The first-order chi connectivity index (χ1) is 11.1. The number of benzene rings is 2. The summed E-state index contributed by atoms with van der Waals surface area (Å²) in [7, 11) is 4.14. The third-order valence-corrected chi connectivity index (χ3v) is 5.21. The monoisotopic (exact) mass is 346 g/mol. The van der Waals surface area contributed by atoms with Crippen molar-refractivity contribution in [3.8, 4) is 0 Å². The van der Waals surface area contributed by atoms with E-state index in [1.54, 1.807) is 11.8 Å². The molecule has 2 aromatic rings. The molecule has 0 aliphatic carbocycles. The summed E-state index contributed by atoms with van der Waals surface area (Å²) >= 11 is 7.46. The van der Waals surface area contributed by atoms with Gasteiger partial charge in [-0.25, -0.2) is 0 Å². The Labute approximate surface area is 146 Å². The van der Waals surface area contributed by atoms with Gasteiger partial charge in [-0.1, -0.05) is 30.0 Å². The maximum absolute atomic E-state index is 12.0. The fourth-order valence-electron chi connectivity index (χ4n) is 2.62. The summed E-state index contributed by atoms with van der Waals surface area (Å²) in [4.78, 5) is 18.8. The van der Waals surface area contributed by atoms with Gasteiger partial charge in [0.05, 0.1) is 17.3 Å². The number of anilines is 2. The molecule has 0 N–H and O–H groups in total. The van der Waals surface area contributed by atoms with E-state index in [0.717, 1.165) is 18.8 Å². The first-order valence-corrected chi connectivity index (χ1v) is 8.87. The van der Waals surface area contributed by atoms with Crippen LogP contribution in [0.25, 0.3) is 0 Å². The van der Waals surface area contributed by atoms with E-state index < -0.39 is 0 Å². The number of rotatable bonds is 5. The number of carbonyl (C=O) groups excluding carboxylic acids is 1. The van der Waals surface area contributed by atoms with E-state index in [4.69, 9.17) is 11.6 Å². The summed E-state index contributed by atoms with van der Waals surface area (Å²) in [6.45, 7) is 1.81. The van der Waals surface area contributed by atoms with Crippen molar-refractivity contribution in [2.24, 2.45) is 0 Å². The summed E-state index contributed by atoms with van der Waals surface area (Å²) in [5.74, 6) is -0.0221. The van der Waals surface area contributed by atoms with E-state index >= 15 is 0 Å². The zero-order chi connectivity index (χ0) is 16.4. The van der Waals surface area contributed by atoms with Gasteiger partial charge in [0.15, 0.2) is 5.78 Å². The van der Waals surface area contributed by atoms with Crippen LogP contribution in [0.4, 0.5) is 11.4 Å². The summed E-state index contributed by atoms with van der Waals surface area (Å²) in [6.07, 6.45) is 0. The highest BCUT2D eigenvalue weighted by molar-refractivity contribution is 7.99. The Hall–Kier alpha value is -1.49. The van der Waals surface area contributed by atoms with Crippen molar-refractivity contribution < 1.29 is 4.79 Å². The lowest BCUT2D eigenvalue weighted by Crippen LogP contribution is -2.30. The number of nitrogens with zero attached hydrogens (tertiary/aromatic N) is 2. The molecule has 1 aliphatic heterocycles. The highest BCUT2D eigenvalue weighted by atomic mass is 35.5. The van der Waals surface area contributed by atoms with E-state index in [9.17, 15) is 4.79 Å². The van der Waals surface area contributed by atoms with Gasteiger partial charge >= 0.3 is 0 Å². The molecule has 0 saturated heterocycles. The zero-order valence-electron chi connectivity index (χ0n) is 13.3. The molecule has 0 atom stereocenters. The largest absolute Gasteiger partial charge is 0.338 e. The van der Waals surface area contributed by atoms with Crippen molar-refractivity contribution >= 4 is 40.5 Å². The first kappa shape index (κ1) is 16.4. The molecule has 0 aromatic heterocycles. The molecule has 0 saturated carbocycles. The Morgan fingerprint density at radius 2 is 1.87 bits per heavy atom. The molecule has 2 aromatic carbocycles. The van der Waals surface area contributed by atoms with Gasteiger partial charge in [0, 0.05) is 28.4 Å². The lowest BCUT2D eigenvalue weighted by Gasteiger charge is -2.33. The van der Waals surface area contributed by atoms with Gasteiger partial charge in [-0.3, -0.25) is 4.79 Å². The average molecular weight is 347 g/mol. The highest BCUT2D eigenvalue weighted by Gasteiger charge is 2.24. The van der Waals surface area contributed by atoms with Crippen LogP contribution in [0.3, 0.4) is 0 Å². The van der Waals surface area contributed by atoms with Crippen LogP contribution in [0.1, 0.15) is 10.4 Å². The molecule has 1 aliphatic rings. The van der Waals surface area contributed by atoms with E-state index in [1.807, 2.05) is 18.2 Å². The fourth-order valence-corrected chi connectivity index (χ4v) is 3.85. The van der Waals surface area contributed by atoms with Gasteiger partial charge < -0.3 is 9.80 Å². The van der Waals surface area contributed by atoms with E-state index in [0.29, 0.717) is 5.56 Å². The number of ketones is 1. The van der Waals surface area contributed by atoms with E-state index in [2.05, 4.69) is 48.2 Å². The summed E-state index contributed by atoms with van der Waals surface area (Å²) in [6, 6.07) is 14.3. The molecule has 3 rings (SSSR count).